The molecule has 2 N–H and O–H groups in total. The van der Waals surface area contributed by atoms with Crippen molar-refractivity contribution in [2.75, 3.05) is 5.73 Å². The van der Waals surface area contributed by atoms with Crippen molar-refractivity contribution in [1.82, 2.24) is 4.98 Å². The van der Waals surface area contributed by atoms with Crippen molar-refractivity contribution in [3.8, 4) is 0 Å². The zero-order chi connectivity index (χ0) is 13.5. The molecule has 0 unspecified atom stereocenters. The number of unbranched alkanes of at least 4 members (excludes halogenated alkanes) is 2. The lowest BCUT2D eigenvalue weighted by molar-refractivity contribution is -0.140. The maximum atomic E-state index is 12.0. The molecule has 0 saturated carbocycles. The van der Waals surface area contributed by atoms with E-state index in [-0.39, 0.29) is 12.1 Å². The maximum absolute atomic E-state index is 12.0. The molecule has 0 amide bonds. The number of ether oxygens (including phenoxy) is 1. The molecular formula is C13H20N2O2S. The fourth-order valence-corrected chi connectivity index (χ4v) is 1.99. The van der Waals surface area contributed by atoms with Crippen molar-refractivity contribution in [2.24, 2.45) is 0 Å². The Morgan fingerprint density at radius 1 is 1.61 bits per heavy atom. The molecule has 4 nitrogen and oxygen atoms in total. The molecule has 0 saturated heterocycles. The highest BCUT2D eigenvalue weighted by molar-refractivity contribution is 7.13. The second kappa shape index (κ2) is 7.16. The minimum atomic E-state index is -0.327. The first-order valence-electron chi connectivity index (χ1n) is 6.17. The van der Waals surface area contributed by atoms with Crippen molar-refractivity contribution in [3.05, 3.63) is 17.2 Å². The van der Waals surface area contributed by atoms with Crippen LogP contribution in [0.2, 0.25) is 0 Å². The summed E-state index contributed by atoms with van der Waals surface area (Å²) in [6, 6.07) is 0. The minimum Gasteiger partial charge on any atom is -0.459 e. The fraction of sp³-hybridized carbons (Fsp3) is 0.538. The lowest BCUT2D eigenvalue weighted by Gasteiger charge is -2.09. The van der Waals surface area contributed by atoms with Crippen LogP contribution in [0.25, 0.3) is 5.57 Å². The first-order valence-corrected chi connectivity index (χ1v) is 7.05. The van der Waals surface area contributed by atoms with Gasteiger partial charge in [0.1, 0.15) is 0 Å². The van der Waals surface area contributed by atoms with E-state index in [1.807, 2.05) is 19.9 Å². The number of hydrogen-bond donors (Lipinski definition) is 1. The zero-order valence-electron chi connectivity index (χ0n) is 11.1. The molecule has 1 aromatic heterocycles. The van der Waals surface area contributed by atoms with Gasteiger partial charge in [-0.1, -0.05) is 25.8 Å². The van der Waals surface area contributed by atoms with E-state index in [0.717, 1.165) is 19.3 Å². The summed E-state index contributed by atoms with van der Waals surface area (Å²) in [6.07, 6.45) is 4.72. The van der Waals surface area contributed by atoms with Crippen LogP contribution in [0.15, 0.2) is 11.5 Å². The average Bonchev–Trinajstić information content (AvgIpc) is 2.70. The Kier molecular flexibility index (Phi) is 5.85. The monoisotopic (exact) mass is 268 g/mol. The van der Waals surface area contributed by atoms with E-state index < -0.39 is 0 Å². The molecule has 0 spiro atoms. The fourth-order valence-electron chi connectivity index (χ4n) is 1.43. The molecule has 0 bridgehead atoms. The normalized spacial score (nSPS) is 11.9. The number of nitrogens with two attached hydrogens (primary N) is 1. The van der Waals surface area contributed by atoms with Crippen molar-refractivity contribution in [1.29, 1.82) is 0 Å². The van der Waals surface area contributed by atoms with Gasteiger partial charge in [-0.3, -0.25) is 0 Å². The number of aromatic nitrogens is 1. The van der Waals surface area contributed by atoms with E-state index in [9.17, 15) is 4.79 Å². The van der Waals surface area contributed by atoms with Crippen LogP contribution in [0, 0.1) is 0 Å². The first kappa shape index (κ1) is 14.7. The Morgan fingerprint density at radius 3 is 2.83 bits per heavy atom. The average molecular weight is 268 g/mol. The van der Waals surface area contributed by atoms with Gasteiger partial charge >= 0.3 is 5.97 Å². The lowest BCUT2D eigenvalue weighted by atomic mass is 10.1. The predicted octanol–water partition coefficient (Wildman–Crippen LogP) is 3.25. The third-order valence-electron chi connectivity index (χ3n) is 2.27. The molecule has 1 rings (SSSR count). The topological polar surface area (TPSA) is 65.2 Å². The Hall–Kier alpha value is -1.36. The SMILES string of the molecule is CCCCC=C(C(=O)OC(C)C)c1csc(N)n1. The van der Waals surface area contributed by atoms with Gasteiger partial charge in [0.05, 0.1) is 17.4 Å². The second-order valence-electron chi connectivity index (χ2n) is 4.29. The van der Waals surface area contributed by atoms with Crippen molar-refractivity contribution < 1.29 is 9.53 Å². The number of nitrogens with zero attached hydrogens (tertiary/aromatic N) is 1. The Bertz CT molecular complexity index is 424. The van der Waals surface area contributed by atoms with Gasteiger partial charge in [0.2, 0.25) is 0 Å². The van der Waals surface area contributed by atoms with Crippen LogP contribution in [-0.4, -0.2) is 17.1 Å². The molecule has 0 aliphatic heterocycles. The summed E-state index contributed by atoms with van der Waals surface area (Å²) in [5.74, 6) is -0.327. The second-order valence-corrected chi connectivity index (χ2v) is 5.17. The van der Waals surface area contributed by atoms with Crippen molar-refractivity contribution >= 4 is 28.0 Å². The molecule has 1 aromatic rings. The summed E-state index contributed by atoms with van der Waals surface area (Å²) in [5.41, 5.74) is 6.73. The summed E-state index contributed by atoms with van der Waals surface area (Å²) in [7, 11) is 0. The van der Waals surface area contributed by atoms with Gasteiger partial charge in [0, 0.05) is 5.38 Å². The standard InChI is InChI=1S/C13H20N2O2S/c1-4-5-6-7-10(12(16)17-9(2)3)11-8-18-13(14)15-11/h7-9H,4-6H2,1-3H3,(H2,14,15). The van der Waals surface area contributed by atoms with Crippen LogP contribution in [-0.2, 0) is 9.53 Å². The van der Waals surface area contributed by atoms with Crippen LogP contribution in [0.1, 0.15) is 45.7 Å². The number of allylic oxidation sites excluding steroid dienone is 1. The number of nitrogen functional groups attached to an aromatic ring is 1. The number of esters is 1. The van der Waals surface area contributed by atoms with Gasteiger partial charge in [-0.25, -0.2) is 9.78 Å². The Labute approximate surface area is 112 Å². The molecular weight excluding hydrogens is 248 g/mol. The van der Waals surface area contributed by atoms with E-state index in [1.165, 1.54) is 11.3 Å². The molecule has 0 fully saturated rings. The molecule has 18 heavy (non-hydrogen) atoms. The number of carbonyl (C=O) groups is 1. The van der Waals surface area contributed by atoms with E-state index in [0.29, 0.717) is 16.4 Å². The van der Waals surface area contributed by atoms with Crippen LogP contribution < -0.4 is 5.73 Å². The highest BCUT2D eigenvalue weighted by Gasteiger charge is 2.17. The lowest BCUT2D eigenvalue weighted by Crippen LogP contribution is -2.13. The molecule has 0 atom stereocenters. The Balaban J connectivity index is 2.88. The van der Waals surface area contributed by atoms with Gasteiger partial charge in [-0.05, 0) is 20.3 Å². The maximum Gasteiger partial charge on any atom is 0.340 e. The third-order valence-corrected chi connectivity index (χ3v) is 2.94. The highest BCUT2D eigenvalue weighted by atomic mass is 32.1. The van der Waals surface area contributed by atoms with Crippen LogP contribution in [0.4, 0.5) is 5.13 Å². The number of hydrogen-bond acceptors (Lipinski definition) is 5. The van der Waals surface area contributed by atoms with E-state index in [1.54, 1.807) is 5.38 Å². The smallest absolute Gasteiger partial charge is 0.340 e. The number of anilines is 1. The van der Waals surface area contributed by atoms with E-state index in [2.05, 4.69) is 11.9 Å². The van der Waals surface area contributed by atoms with E-state index >= 15 is 0 Å². The first-order chi connectivity index (χ1) is 8.54. The summed E-state index contributed by atoms with van der Waals surface area (Å²) < 4.78 is 5.22. The predicted molar refractivity (Wildman–Crippen MR) is 75.3 cm³/mol. The van der Waals surface area contributed by atoms with Gasteiger partial charge in [-0.2, -0.15) is 0 Å². The zero-order valence-corrected chi connectivity index (χ0v) is 11.9. The molecule has 0 radical (unpaired) electrons. The molecule has 0 aliphatic carbocycles. The molecule has 5 heteroatoms. The summed E-state index contributed by atoms with van der Waals surface area (Å²) in [4.78, 5) is 16.1. The quantitative estimate of drug-likeness (QED) is 0.488. The molecule has 100 valence electrons. The van der Waals surface area contributed by atoms with E-state index in [4.69, 9.17) is 10.5 Å². The third kappa shape index (κ3) is 4.49. The van der Waals surface area contributed by atoms with Gasteiger partial charge < -0.3 is 10.5 Å². The summed E-state index contributed by atoms with van der Waals surface area (Å²) in [5, 5.41) is 2.25. The van der Waals surface area contributed by atoms with Crippen molar-refractivity contribution in [2.45, 2.75) is 46.1 Å². The molecule has 0 aliphatic rings. The number of thiazole rings is 1. The largest absolute Gasteiger partial charge is 0.459 e. The van der Waals surface area contributed by atoms with Crippen LogP contribution in [0.5, 0.6) is 0 Å². The minimum absolute atomic E-state index is 0.136. The number of carbonyl (C=O) groups excluding carboxylic acids is 1. The van der Waals surface area contributed by atoms with Crippen LogP contribution in [0.3, 0.4) is 0 Å². The van der Waals surface area contributed by atoms with Crippen LogP contribution >= 0.6 is 11.3 Å². The van der Waals surface area contributed by atoms with Crippen molar-refractivity contribution in [3.63, 3.8) is 0 Å². The molecule has 1 heterocycles. The highest BCUT2D eigenvalue weighted by Crippen LogP contribution is 2.22. The summed E-state index contributed by atoms with van der Waals surface area (Å²) in [6.45, 7) is 5.77. The number of rotatable bonds is 6. The summed E-state index contributed by atoms with van der Waals surface area (Å²) >= 11 is 1.33. The Morgan fingerprint density at radius 2 is 2.33 bits per heavy atom. The van der Waals surface area contributed by atoms with Gasteiger partial charge in [0.25, 0.3) is 0 Å². The molecule has 0 aromatic carbocycles. The van der Waals surface area contributed by atoms with Gasteiger partial charge in [0.15, 0.2) is 5.13 Å². The van der Waals surface area contributed by atoms with Gasteiger partial charge in [-0.15, -0.1) is 11.3 Å².